The van der Waals surface area contributed by atoms with Crippen LogP contribution in [-0.2, 0) is 10.0 Å². The standard InChI is InChI=1S/C14H22N2O3S/c1-11-6-7-14(13(15)10-11)20(18,19)16(8-3-9-17)12-4-2-5-12/h6-7,10,12,17H,2-5,8-9,15H2,1H3. The molecule has 1 fully saturated rings. The molecule has 1 aliphatic carbocycles. The number of nitrogen functional groups attached to an aromatic ring is 1. The molecule has 0 unspecified atom stereocenters. The number of hydrogen-bond acceptors (Lipinski definition) is 4. The normalized spacial score (nSPS) is 16.4. The fourth-order valence-electron chi connectivity index (χ4n) is 2.43. The summed E-state index contributed by atoms with van der Waals surface area (Å²) < 4.78 is 27.0. The molecule has 2 rings (SSSR count). The molecule has 0 amide bonds. The van der Waals surface area contributed by atoms with E-state index in [9.17, 15) is 8.42 Å². The van der Waals surface area contributed by atoms with Gasteiger partial charge in [-0.1, -0.05) is 12.5 Å². The minimum Gasteiger partial charge on any atom is -0.398 e. The Bertz CT molecular complexity index is 568. The number of aryl methyl sites for hydroxylation is 1. The number of anilines is 1. The van der Waals surface area contributed by atoms with Crippen molar-refractivity contribution in [3.8, 4) is 0 Å². The van der Waals surface area contributed by atoms with Gasteiger partial charge in [-0.3, -0.25) is 0 Å². The Hall–Kier alpha value is -1.11. The van der Waals surface area contributed by atoms with Crippen LogP contribution in [0.2, 0.25) is 0 Å². The van der Waals surface area contributed by atoms with Gasteiger partial charge in [-0.05, 0) is 43.9 Å². The molecule has 0 atom stereocenters. The molecule has 0 radical (unpaired) electrons. The first kappa shape index (κ1) is 15.3. The third-order valence-corrected chi connectivity index (χ3v) is 5.80. The van der Waals surface area contributed by atoms with Crippen molar-refractivity contribution >= 4 is 15.7 Å². The Balaban J connectivity index is 2.33. The molecule has 0 saturated heterocycles. The van der Waals surface area contributed by atoms with E-state index in [1.54, 1.807) is 18.2 Å². The van der Waals surface area contributed by atoms with Crippen LogP contribution in [0.4, 0.5) is 5.69 Å². The fourth-order valence-corrected chi connectivity index (χ4v) is 4.25. The van der Waals surface area contributed by atoms with Crippen LogP contribution in [-0.4, -0.2) is 37.0 Å². The zero-order valence-corrected chi connectivity index (χ0v) is 12.6. The minimum atomic E-state index is -3.58. The SMILES string of the molecule is Cc1ccc(S(=O)(=O)N(CCCO)C2CCC2)c(N)c1. The van der Waals surface area contributed by atoms with E-state index in [2.05, 4.69) is 0 Å². The average molecular weight is 298 g/mol. The van der Waals surface area contributed by atoms with Crippen molar-refractivity contribution < 1.29 is 13.5 Å². The summed E-state index contributed by atoms with van der Waals surface area (Å²) in [7, 11) is -3.58. The van der Waals surface area contributed by atoms with Crippen LogP contribution in [0.5, 0.6) is 0 Å². The van der Waals surface area contributed by atoms with E-state index in [0.29, 0.717) is 18.7 Å². The van der Waals surface area contributed by atoms with E-state index in [0.717, 1.165) is 24.8 Å². The molecule has 0 aliphatic heterocycles. The number of nitrogens with zero attached hydrogens (tertiary/aromatic N) is 1. The molecular weight excluding hydrogens is 276 g/mol. The first-order chi connectivity index (χ1) is 9.46. The van der Waals surface area contributed by atoms with Gasteiger partial charge in [-0.25, -0.2) is 8.42 Å². The molecule has 1 aromatic rings. The lowest BCUT2D eigenvalue weighted by atomic mass is 9.93. The number of rotatable bonds is 6. The molecule has 6 heteroatoms. The Kier molecular flexibility index (Phi) is 4.67. The van der Waals surface area contributed by atoms with Crippen LogP contribution >= 0.6 is 0 Å². The van der Waals surface area contributed by atoms with Gasteiger partial charge in [0.1, 0.15) is 4.90 Å². The molecule has 0 spiro atoms. The maximum Gasteiger partial charge on any atom is 0.245 e. The van der Waals surface area contributed by atoms with Gasteiger partial charge in [0.2, 0.25) is 10.0 Å². The van der Waals surface area contributed by atoms with Crippen molar-refractivity contribution in [3.63, 3.8) is 0 Å². The van der Waals surface area contributed by atoms with Crippen LogP contribution in [0.1, 0.15) is 31.2 Å². The number of nitrogens with two attached hydrogens (primary N) is 1. The predicted octanol–water partition coefficient (Wildman–Crippen LogP) is 1.50. The van der Waals surface area contributed by atoms with Crippen LogP contribution < -0.4 is 5.73 Å². The van der Waals surface area contributed by atoms with Crippen molar-refractivity contribution in [2.45, 2.75) is 43.5 Å². The Labute approximate surface area is 120 Å². The molecule has 0 heterocycles. The summed E-state index contributed by atoms with van der Waals surface area (Å²) in [6, 6.07) is 5.06. The molecule has 5 nitrogen and oxygen atoms in total. The summed E-state index contributed by atoms with van der Waals surface area (Å²) in [4.78, 5) is 0.174. The Morgan fingerprint density at radius 2 is 2.10 bits per heavy atom. The topological polar surface area (TPSA) is 83.6 Å². The third-order valence-electron chi connectivity index (χ3n) is 3.77. The summed E-state index contributed by atoms with van der Waals surface area (Å²) in [5, 5.41) is 8.97. The molecule has 1 aromatic carbocycles. The lowest BCUT2D eigenvalue weighted by Crippen LogP contribution is -2.45. The van der Waals surface area contributed by atoms with Gasteiger partial charge >= 0.3 is 0 Å². The van der Waals surface area contributed by atoms with Crippen LogP contribution in [0.15, 0.2) is 23.1 Å². The number of aliphatic hydroxyl groups excluding tert-OH is 1. The number of benzene rings is 1. The maximum atomic E-state index is 12.8. The number of sulfonamides is 1. The highest BCUT2D eigenvalue weighted by atomic mass is 32.2. The van der Waals surface area contributed by atoms with Gasteiger partial charge in [-0.2, -0.15) is 4.31 Å². The lowest BCUT2D eigenvalue weighted by molar-refractivity contribution is 0.198. The van der Waals surface area contributed by atoms with Gasteiger partial charge < -0.3 is 10.8 Å². The second-order valence-corrected chi connectivity index (χ2v) is 7.18. The predicted molar refractivity (Wildman–Crippen MR) is 78.8 cm³/mol. The molecule has 0 bridgehead atoms. The largest absolute Gasteiger partial charge is 0.398 e. The van der Waals surface area contributed by atoms with Gasteiger partial charge in [0.15, 0.2) is 0 Å². The Morgan fingerprint density at radius 1 is 1.40 bits per heavy atom. The fraction of sp³-hybridized carbons (Fsp3) is 0.571. The molecule has 0 aromatic heterocycles. The Morgan fingerprint density at radius 3 is 2.60 bits per heavy atom. The lowest BCUT2D eigenvalue weighted by Gasteiger charge is -2.36. The van der Waals surface area contributed by atoms with E-state index in [1.807, 2.05) is 6.92 Å². The summed E-state index contributed by atoms with van der Waals surface area (Å²) in [5.74, 6) is 0. The summed E-state index contributed by atoms with van der Waals surface area (Å²) in [6.07, 6.45) is 3.27. The van der Waals surface area contributed by atoms with Crippen molar-refractivity contribution in [2.24, 2.45) is 0 Å². The highest BCUT2D eigenvalue weighted by Crippen LogP contribution is 2.32. The van der Waals surface area contributed by atoms with E-state index in [1.165, 1.54) is 4.31 Å². The van der Waals surface area contributed by atoms with Crippen molar-refractivity contribution in [2.75, 3.05) is 18.9 Å². The second-order valence-electron chi connectivity index (χ2n) is 5.32. The summed E-state index contributed by atoms with van der Waals surface area (Å²) >= 11 is 0. The molecule has 1 saturated carbocycles. The maximum absolute atomic E-state index is 12.8. The molecule has 112 valence electrons. The second kappa shape index (κ2) is 6.11. The van der Waals surface area contributed by atoms with Crippen LogP contribution in [0, 0.1) is 6.92 Å². The summed E-state index contributed by atoms with van der Waals surface area (Å²) in [5.41, 5.74) is 7.11. The van der Waals surface area contributed by atoms with E-state index < -0.39 is 10.0 Å². The average Bonchev–Trinajstić information content (AvgIpc) is 2.31. The van der Waals surface area contributed by atoms with Gasteiger partial charge in [0, 0.05) is 19.2 Å². The van der Waals surface area contributed by atoms with Gasteiger partial charge in [-0.15, -0.1) is 0 Å². The van der Waals surface area contributed by atoms with Crippen LogP contribution in [0.25, 0.3) is 0 Å². The smallest absolute Gasteiger partial charge is 0.245 e. The molecule has 20 heavy (non-hydrogen) atoms. The molecule has 3 N–H and O–H groups in total. The molecule has 1 aliphatic rings. The first-order valence-corrected chi connectivity index (χ1v) is 8.39. The third kappa shape index (κ3) is 2.97. The number of hydrogen-bond donors (Lipinski definition) is 2. The van der Waals surface area contributed by atoms with E-state index in [4.69, 9.17) is 10.8 Å². The number of aliphatic hydroxyl groups is 1. The monoisotopic (exact) mass is 298 g/mol. The summed E-state index contributed by atoms with van der Waals surface area (Å²) in [6.45, 7) is 2.21. The van der Waals surface area contributed by atoms with Gasteiger partial charge in [0.05, 0.1) is 5.69 Å². The van der Waals surface area contributed by atoms with E-state index in [-0.39, 0.29) is 17.5 Å². The van der Waals surface area contributed by atoms with Crippen molar-refractivity contribution in [1.82, 2.24) is 4.31 Å². The highest BCUT2D eigenvalue weighted by Gasteiger charge is 2.35. The van der Waals surface area contributed by atoms with Gasteiger partial charge in [0.25, 0.3) is 0 Å². The highest BCUT2D eigenvalue weighted by molar-refractivity contribution is 7.89. The van der Waals surface area contributed by atoms with Crippen LogP contribution in [0.3, 0.4) is 0 Å². The molecular formula is C14H22N2O3S. The zero-order chi connectivity index (χ0) is 14.8. The minimum absolute atomic E-state index is 0.0118. The van der Waals surface area contributed by atoms with Crippen molar-refractivity contribution in [1.29, 1.82) is 0 Å². The quantitative estimate of drug-likeness (QED) is 0.780. The van der Waals surface area contributed by atoms with E-state index >= 15 is 0 Å². The first-order valence-electron chi connectivity index (χ1n) is 6.95. The zero-order valence-electron chi connectivity index (χ0n) is 11.7. The van der Waals surface area contributed by atoms with Crippen molar-refractivity contribution in [3.05, 3.63) is 23.8 Å².